The third-order valence-corrected chi connectivity index (χ3v) is 4.31. The van der Waals surface area contributed by atoms with Crippen LogP contribution >= 0.6 is 11.8 Å². The van der Waals surface area contributed by atoms with Gasteiger partial charge >= 0.3 is 5.97 Å². The number of carbonyl (C=O) groups is 1. The number of ether oxygens (including phenoxy) is 3. The number of hydrogen-bond donors (Lipinski definition) is 2. The highest BCUT2D eigenvalue weighted by atomic mass is 35.5. The van der Waals surface area contributed by atoms with Gasteiger partial charge in [0.05, 0.1) is 26.8 Å². The van der Waals surface area contributed by atoms with Crippen molar-refractivity contribution in [1.29, 1.82) is 0 Å². The van der Waals surface area contributed by atoms with Crippen molar-refractivity contribution in [3.05, 3.63) is 42.1 Å². The summed E-state index contributed by atoms with van der Waals surface area (Å²) in [5.41, 5.74) is 1.95. The lowest BCUT2D eigenvalue weighted by Crippen LogP contribution is -1.99. The molecule has 0 aliphatic carbocycles. The largest absolute Gasteiger partial charge is 0.493 e. The fourth-order valence-electron chi connectivity index (χ4n) is 2.76. The zero-order valence-corrected chi connectivity index (χ0v) is 15.1. The van der Waals surface area contributed by atoms with Crippen LogP contribution in [-0.2, 0) is 0 Å². The fourth-order valence-corrected chi connectivity index (χ4v) is 3.03. The lowest BCUT2D eigenvalue weighted by molar-refractivity contribution is 0.0690. The lowest BCUT2D eigenvalue weighted by atomic mass is 10.2. The van der Waals surface area contributed by atoms with Gasteiger partial charge in [-0.25, -0.2) is 8.88 Å². The van der Waals surface area contributed by atoms with E-state index in [1.165, 1.54) is 27.4 Å². The molecule has 0 saturated carbocycles. The number of aromatic carboxylic acids is 1. The molecule has 0 bridgehead atoms. The lowest BCUT2D eigenvalue weighted by Gasteiger charge is -2.15. The maximum Gasteiger partial charge on any atom is 0.353 e. The fraction of sp³-hybridized carbons (Fsp3) is 0.167. The van der Waals surface area contributed by atoms with Gasteiger partial charge in [-0.05, 0) is 18.2 Å². The van der Waals surface area contributed by atoms with E-state index in [0.29, 0.717) is 39.5 Å². The summed E-state index contributed by atoms with van der Waals surface area (Å²) in [6.45, 7) is 0. The van der Waals surface area contributed by atoms with Crippen LogP contribution in [0.5, 0.6) is 17.2 Å². The van der Waals surface area contributed by atoms with E-state index in [9.17, 15) is 9.90 Å². The van der Waals surface area contributed by atoms with Crippen molar-refractivity contribution < 1.29 is 24.1 Å². The Morgan fingerprint density at radius 2 is 1.73 bits per heavy atom. The predicted octanol–water partition coefficient (Wildman–Crippen LogP) is 4.11. The minimum absolute atomic E-state index is 0.0131. The van der Waals surface area contributed by atoms with Gasteiger partial charge < -0.3 is 24.6 Å². The van der Waals surface area contributed by atoms with Gasteiger partial charge in [0.2, 0.25) is 5.75 Å². The molecule has 0 radical (unpaired) electrons. The van der Waals surface area contributed by atoms with Crippen LogP contribution in [0.2, 0.25) is 0 Å². The van der Waals surface area contributed by atoms with Crippen LogP contribution in [-0.4, -0.2) is 36.5 Å². The number of methoxy groups -OCH3 is 3. The molecule has 3 rings (SSSR count). The van der Waals surface area contributed by atoms with Crippen LogP contribution in [0.15, 0.2) is 36.4 Å². The molecule has 1 heterocycles. The maximum atomic E-state index is 11.3. The van der Waals surface area contributed by atoms with Crippen molar-refractivity contribution in [2.24, 2.45) is 0 Å². The molecule has 7 nitrogen and oxygen atoms in total. The molecule has 26 heavy (non-hydrogen) atoms. The number of carboxylic acids is 1. The first-order valence-corrected chi connectivity index (χ1v) is 7.95. The van der Waals surface area contributed by atoms with E-state index in [1.807, 2.05) is 6.07 Å². The average Bonchev–Trinajstić information content (AvgIpc) is 2.99. The van der Waals surface area contributed by atoms with Gasteiger partial charge in [0.15, 0.2) is 11.5 Å². The smallest absolute Gasteiger partial charge is 0.353 e. The molecule has 136 valence electrons. The number of halogens is 1. The highest BCUT2D eigenvalue weighted by Gasteiger charge is 2.17. The van der Waals surface area contributed by atoms with E-state index < -0.39 is 5.97 Å². The van der Waals surface area contributed by atoms with Gasteiger partial charge in [-0.1, -0.05) is 6.07 Å². The highest BCUT2D eigenvalue weighted by Crippen LogP contribution is 2.41. The highest BCUT2D eigenvalue weighted by molar-refractivity contribution is 6.22. The summed E-state index contributed by atoms with van der Waals surface area (Å²) in [6, 6.07) is 10.4. The van der Waals surface area contributed by atoms with Crippen LogP contribution in [0.4, 0.5) is 11.4 Å². The zero-order chi connectivity index (χ0) is 18.8. The van der Waals surface area contributed by atoms with E-state index in [1.54, 1.807) is 24.3 Å². The summed E-state index contributed by atoms with van der Waals surface area (Å²) < 4.78 is 17.1. The minimum Gasteiger partial charge on any atom is -0.493 e. The first kappa shape index (κ1) is 17.8. The number of carboxylic acid groups (broad SMARTS) is 1. The minimum atomic E-state index is -1.10. The first-order valence-electron chi connectivity index (χ1n) is 7.61. The Labute approximate surface area is 154 Å². The zero-order valence-electron chi connectivity index (χ0n) is 14.4. The summed E-state index contributed by atoms with van der Waals surface area (Å²) in [6.07, 6.45) is 0. The Morgan fingerprint density at radius 3 is 2.27 bits per heavy atom. The van der Waals surface area contributed by atoms with E-state index in [2.05, 4.69) is 5.32 Å². The molecular formula is C18H17ClN2O5. The molecule has 0 aliphatic heterocycles. The van der Waals surface area contributed by atoms with Gasteiger partial charge in [-0.15, -0.1) is 0 Å². The monoisotopic (exact) mass is 376 g/mol. The van der Waals surface area contributed by atoms with Crippen LogP contribution in [0.3, 0.4) is 0 Å². The number of nitrogens with zero attached hydrogens (tertiary/aromatic N) is 1. The summed E-state index contributed by atoms with van der Waals surface area (Å²) in [5, 5.41) is 13.2. The molecule has 0 amide bonds. The molecule has 0 fully saturated rings. The number of rotatable bonds is 6. The standard InChI is InChI=1S/C18H17ClN2O5/c1-24-15-7-10(8-16(25-2)17(15)26-3)20-12-5-4-6-13-11(12)9-14(18(22)23)21(13)19/h4-9,20H,1-3H3,(H,22,23). The summed E-state index contributed by atoms with van der Waals surface area (Å²) in [4.78, 5) is 11.3. The van der Waals surface area contributed by atoms with Gasteiger partial charge in [0.1, 0.15) is 5.69 Å². The number of anilines is 2. The van der Waals surface area contributed by atoms with Crippen molar-refractivity contribution in [3.8, 4) is 17.2 Å². The van der Waals surface area contributed by atoms with E-state index in [0.717, 1.165) is 4.09 Å². The Bertz CT molecular complexity index is 958. The van der Waals surface area contributed by atoms with Crippen LogP contribution in [0, 0.1) is 0 Å². The second kappa shape index (κ2) is 7.05. The molecule has 8 heteroatoms. The van der Waals surface area contributed by atoms with Crippen molar-refractivity contribution in [2.75, 3.05) is 26.6 Å². The number of benzene rings is 2. The summed E-state index contributed by atoms with van der Waals surface area (Å²) >= 11 is 6.11. The molecule has 0 atom stereocenters. The third kappa shape index (κ3) is 2.97. The molecule has 0 saturated heterocycles. The molecular weight excluding hydrogens is 360 g/mol. The van der Waals surface area contributed by atoms with E-state index in [-0.39, 0.29) is 5.69 Å². The summed E-state index contributed by atoms with van der Waals surface area (Å²) in [7, 11) is 4.61. The number of aromatic nitrogens is 1. The molecule has 0 aliphatic rings. The van der Waals surface area contributed by atoms with Crippen LogP contribution in [0.1, 0.15) is 10.5 Å². The second-order valence-corrected chi connectivity index (χ2v) is 5.73. The number of nitrogens with one attached hydrogen (secondary N) is 1. The molecule has 2 N–H and O–H groups in total. The topological polar surface area (TPSA) is 82.0 Å². The van der Waals surface area contributed by atoms with Crippen molar-refractivity contribution in [2.45, 2.75) is 0 Å². The quantitative estimate of drug-likeness (QED) is 0.673. The van der Waals surface area contributed by atoms with E-state index >= 15 is 0 Å². The molecule has 3 aromatic rings. The first-order chi connectivity index (χ1) is 12.5. The van der Waals surface area contributed by atoms with Gasteiger partial charge in [-0.2, -0.15) is 0 Å². The van der Waals surface area contributed by atoms with E-state index in [4.69, 9.17) is 26.0 Å². The van der Waals surface area contributed by atoms with Crippen molar-refractivity contribution in [3.63, 3.8) is 0 Å². The Morgan fingerprint density at radius 1 is 1.08 bits per heavy atom. The molecule has 0 spiro atoms. The normalized spacial score (nSPS) is 10.6. The van der Waals surface area contributed by atoms with Gasteiger partial charge in [-0.3, -0.25) is 0 Å². The maximum absolute atomic E-state index is 11.3. The second-order valence-electron chi connectivity index (χ2n) is 5.39. The van der Waals surface area contributed by atoms with Crippen LogP contribution < -0.4 is 19.5 Å². The average molecular weight is 377 g/mol. The van der Waals surface area contributed by atoms with Gasteiger partial charge in [0, 0.05) is 40.7 Å². The van der Waals surface area contributed by atoms with Crippen molar-refractivity contribution in [1.82, 2.24) is 4.09 Å². The molecule has 0 unspecified atom stereocenters. The molecule has 1 aromatic heterocycles. The SMILES string of the molecule is COc1cc(Nc2cccc3c2cc(C(=O)O)n3Cl)cc(OC)c1OC. The number of fused-ring (bicyclic) bond motifs is 1. The van der Waals surface area contributed by atoms with Crippen LogP contribution in [0.25, 0.3) is 10.9 Å². The Balaban J connectivity index is 2.09. The Hall–Kier alpha value is -3.06. The predicted molar refractivity (Wildman–Crippen MR) is 99.5 cm³/mol. The molecule has 2 aromatic carbocycles. The summed E-state index contributed by atoms with van der Waals surface area (Å²) in [5.74, 6) is 0.388. The Kier molecular flexibility index (Phi) is 4.81. The van der Waals surface area contributed by atoms with Gasteiger partial charge in [0.25, 0.3) is 0 Å². The third-order valence-electron chi connectivity index (χ3n) is 3.95. The van der Waals surface area contributed by atoms with Crippen molar-refractivity contribution >= 4 is 40.0 Å². The number of hydrogen-bond acceptors (Lipinski definition) is 5.